The van der Waals surface area contributed by atoms with Gasteiger partial charge in [0.25, 0.3) is 5.91 Å². The first kappa shape index (κ1) is 13.7. The van der Waals surface area contributed by atoms with Crippen molar-refractivity contribution in [1.82, 2.24) is 10.0 Å². The molecular formula is C16H15FN2O2. The molecule has 0 aromatic heterocycles. The van der Waals surface area contributed by atoms with Gasteiger partial charge in [0.2, 0.25) is 5.72 Å². The van der Waals surface area contributed by atoms with Crippen molar-refractivity contribution in [1.29, 1.82) is 0 Å². The molecule has 21 heavy (non-hydrogen) atoms. The minimum absolute atomic E-state index is 0.289. The van der Waals surface area contributed by atoms with Gasteiger partial charge in [0, 0.05) is 30.8 Å². The summed E-state index contributed by atoms with van der Waals surface area (Å²) in [6.07, 6.45) is 0. The molecule has 3 rings (SSSR count). The molecule has 2 aromatic carbocycles. The first-order valence-electron chi connectivity index (χ1n) is 6.56. The van der Waals surface area contributed by atoms with Crippen LogP contribution >= 0.6 is 0 Å². The Balaban J connectivity index is 2.26. The maximum atomic E-state index is 13.2. The Bertz CT molecular complexity index is 700. The highest BCUT2D eigenvalue weighted by Gasteiger charge is 2.51. The molecule has 0 spiro atoms. The monoisotopic (exact) mass is 286 g/mol. The Morgan fingerprint density at radius 2 is 1.71 bits per heavy atom. The SMILES string of the molecule is CN(C)N1C(=O)c2ccccc2C1(O)c1ccc(F)cc1. The largest absolute Gasteiger partial charge is 0.362 e. The average molecular weight is 286 g/mol. The van der Waals surface area contributed by atoms with Crippen LogP contribution in [0.5, 0.6) is 0 Å². The lowest BCUT2D eigenvalue weighted by molar-refractivity contribution is -0.136. The summed E-state index contributed by atoms with van der Waals surface area (Å²) >= 11 is 0. The van der Waals surface area contributed by atoms with Crippen LogP contribution in [0.15, 0.2) is 48.5 Å². The third-order valence-corrected chi connectivity index (χ3v) is 3.68. The lowest BCUT2D eigenvalue weighted by atomic mass is 9.94. The standard InChI is InChI=1S/C16H15FN2O2/c1-18(2)19-15(20)13-5-3-4-6-14(13)16(19,21)11-7-9-12(17)10-8-11/h3-10,21H,1-2H3. The topological polar surface area (TPSA) is 43.8 Å². The van der Waals surface area contributed by atoms with Gasteiger partial charge in [-0.25, -0.2) is 14.4 Å². The van der Waals surface area contributed by atoms with Crippen molar-refractivity contribution in [2.24, 2.45) is 0 Å². The molecule has 0 saturated heterocycles. The molecule has 1 heterocycles. The van der Waals surface area contributed by atoms with E-state index in [1.807, 2.05) is 0 Å². The smallest absolute Gasteiger partial charge is 0.271 e. The van der Waals surface area contributed by atoms with Gasteiger partial charge >= 0.3 is 0 Å². The Kier molecular flexibility index (Phi) is 3.04. The minimum Gasteiger partial charge on any atom is -0.362 e. The highest BCUT2D eigenvalue weighted by atomic mass is 19.1. The minimum atomic E-state index is -1.63. The van der Waals surface area contributed by atoms with E-state index in [0.717, 1.165) is 0 Å². The number of hydrogen-bond donors (Lipinski definition) is 1. The second-order valence-electron chi connectivity index (χ2n) is 5.19. The maximum absolute atomic E-state index is 13.2. The molecule has 1 aliphatic heterocycles. The van der Waals surface area contributed by atoms with E-state index in [2.05, 4.69) is 0 Å². The third-order valence-electron chi connectivity index (χ3n) is 3.68. The molecule has 2 aromatic rings. The van der Waals surface area contributed by atoms with Crippen molar-refractivity contribution in [2.75, 3.05) is 14.1 Å². The van der Waals surface area contributed by atoms with E-state index in [4.69, 9.17) is 0 Å². The van der Waals surface area contributed by atoms with Gasteiger partial charge in [-0.1, -0.05) is 30.3 Å². The van der Waals surface area contributed by atoms with E-state index in [-0.39, 0.29) is 5.91 Å². The summed E-state index contributed by atoms with van der Waals surface area (Å²) in [6, 6.07) is 12.4. The number of aliphatic hydroxyl groups is 1. The molecule has 0 saturated carbocycles. The van der Waals surface area contributed by atoms with Crippen LogP contribution in [0.2, 0.25) is 0 Å². The zero-order valence-corrected chi connectivity index (χ0v) is 11.7. The van der Waals surface area contributed by atoms with Gasteiger partial charge in [0.05, 0.1) is 0 Å². The van der Waals surface area contributed by atoms with Crippen molar-refractivity contribution >= 4 is 5.91 Å². The fraction of sp³-hybridized carbons (Fsp3) is 0.188. The van der Waals surface area contributed by atoms with Crippen LogP contribution in [-0.4, -0.2) is 35.1 Å². The summed E-state index contributed by atoms with van der Waals surface area (Å²) < 4.78 is 13.2. The van der Waals surface area contributed by atoms with E-state index in [1.165, 1.54) is 34.3 Å². The quantitative estimate of drug-likeness (QED) is 0.917. The molecule has 0 fully saturated rings. The number of nitrogens with zero attached hydrogens (tertiary/aromatic N) is 2. The molecule has 4 nitrogen and oxygen atoms in total. The molecule has 5 heteroatoms. The number of fused-ring (bicyclic) bond motifs is 1. The van der Waals surface area contributed by atoms with E-state index in [1.54, 1.807) is 38.4 Å². The van der Waals surface area contributed by atoms with Gasteiger partial charge in [-0.3, -0.25) is 4.79 Å². The van der Waals surface area contributed by atoms with E-state index >= 15 is 0 Å². The second kappa shape index (κ2) is 4.65. The van der Waals surface area contributed by atoms with Gasteiger partial charge in [0.1, 0.15) is 5.82 Å². The molecule has 1 aliphatic rings. The summed E-state index contributed by atoms with van der Waals surface area (Å²) in [5, 5.41) is 14.0. The summed E-state index contributed by atoms with van der Waals surface area (Å²) in [4.78, 5) is 12.5. The zero-order chi connectivity index (χ0) is 15.2. The van der Waals surface area contributed by atoms with Crippen LogP contribution in [-0.2, 0) is 5.72 Å². The van der Waals surface area contributed by atoms with Gasteiger partial charge in [-0.2, -0.15) is 0 Å². The second-order valence-corrected chi connectivity index (χ2v) is 5.19. The van der Waals surface area contributed by atoms with Crippen LogP contribution in [0.3, 0.4) is 0 Å². The Labute approximate surface area is 122 Å². The maximum Gasteiger partial charge on any atom is 0.271 e. The van der Waals surface area contributed by atoms with Crippen LogP contribution in [0, 0.1) is 5.82 Å². The summed E-state index contributed by atoms with van der Waals surface area (Å²) in [5.41, 5.74) is -0.255. The van der Waals surface area contributed by atoms with Gasteiger partial charge in [-0.05, 0) is 18.2 Å². The van der Waals surface area contributed by atoms with Crippen molar-refractivity contribution in [3.8, 4) is 0 Å². The molecule has 0 bridgehead atoms. The molecule has 1 unspecified atom stereocenters. The van der Waals surface area contributed by atoms with E-state index in [0.29, 0.717) is 16.7 Å². The molecule has 1 atom stereocenters. The predicted molar refractivity (Wildman–Crippen MR) is 75.7 cm³/mol. The molecule has 0 radical (unpaired) electrons. The number of carbonyl (C=O) groups is 1. The van der Waals surface area contributed by atoms with Crippen molar-refractivity contribution < 1.29 is 14.3 Å². The van der Waals surface area contributed by atoms with Crippen molar-refractivity contribution in [3.05, 3.63) is 71.0 Å². The molecule has 1 N–H and O–H groups in total. The summed E-state index contributed by atoms with van der Waals surface area (Å²) in [6.45, 7) is 0. The van der Waals surface area contributed by atoms with Crippen LogP contribution in [0.4, 0.5) is 4.39 Å². The van der Waals surface area contributed by atoms with Crippen LogP contribution in [0.1, 0.15) is 21.5 Å². The Morgan fingerprint density at radius 3 is 2.33 bits per heavy atom. The van der Waals surface area contributed by atoms with Crippen LogP contribution in [0.25, 0.3) is 0 Å². The fourth-order valence-electron chi connectivity index (χ4n) is 2.78. The highest BCUT2D eigenvalue weighted by Crippen LogP contribution is 2.42. The zero-order valence-electron chi connectivity index (χ0n) is 11.7. The fourth-order valence-corrected chi connectivity index (χ4v) is 2.78. The normalized spacial score (nSPS) is 21.0. The van der Waals surface area contributed by atoms with Gasteiger partial charge < -0.3 is 5.11 Å². The van der Waals surface area contributed by atoms with Gasteiger partial charge in [-0.15, -0.1) is 0 Å². The van der Waals surface area contributed by atoms with Crippen molar-refractivity contribution in [3.63, 3.8) is 0 Å². The number of halogens is 1. The lowest BCUT2D eigenvalue weighted by Gasteiger charge is -2.38. The van der Waals surface area contributed by atoms with Crippen molar-refractivity contribution in [2.45, 2.75) is 5.72 Å². The molecule has 0 aliphatic carbocycles. The van der Waals surface area contributed by atoms with Gasteiger partial charge in [0.15, 0.2) is 0 Å². The molecule has 108 valence electrons. The number of rotatable bonds is 2. The highest BCUT2D eigenvalue weighted by molar-refractivity contribution is 6.00. The molecular weight excluding hydrogens is 271 g/mol. The number of benzene rings is 2. The number of hydrogen-bond acceptors (Lipinski definition) is 3. The first-order valence-corrected chi connectivity index (χ1v) is 6.56. The number of hydrazine groups is 1. The Morgan fingerprint density at radius 1 is 1.10 bits per heavy atom. The Hall–Kier alpha value is -2.24. The summed E-state index contributed by atoms with van der Waals surface area (Å²) in [7, 11) is 3.36. The average Bonchev–Trinajstić information content (AvgIpc) is 2.70. The number of carbonyl (C=O) groups excluding carboxylic acids is 1. The molecule has 1 amide bonds. The van der Waals surface area contributed by atoms with E-state index < -0.39 is 11.5 Å². The predicted octanol–water partition coefficient (Wildman–Crippen LogP) is 1.95. The van der Waals surface area contributed by atoms with E-state index in [9.17, 15) is 14.3 Å². The third kappa shape index (κ3) is 1.86. The van der Waals surface area contributed by atoms with Crippen LogP contribution < -0.4 is 0 Å². The summed E-state index contributed by atoms with van der Waals surface area (Å²) in [5.74, 6) is -0.682. The number of amides is 1. The first-order chi connectivity index (χ1) is 9.96. The lowest BCUT2D eigenvalue weighted by Crippen LogP contribution is -2.51.